The van der Waals surface area contributed by atoms with Crippen LogP contribution in [0.15, 0.2) is 11.4 Å². The van der Waals surface area contributed by atoms with E-state index in [4.69, 9.17) is 4.74 Å². The fourth-order valence-corrected chi connectivity index (χ4v) is 4.47. The first-order chi connectivity index (χ1) is 10.7. The van der Waals surface area contributed by atoms with E-state index < -0.39 is 0 Å². The minimum Gasteiger partial charge on any atom is -0.381 e. The van der Waals surface area contributed by atoms with Crippen LogP contribution in [0.4, 0.5) is 0 Å². The molecule has 0 atom stereocenters. The van der Waals surface area contributed by atoms with Crippen molar-refractivity contribution in [3.05, 3.63) is 21.9 Å². The van der Waals surface area contributed by atoms with Crippen LogP contribution in [0.1, 0.15) is 40.9 Å². The molecule has 3 heterocycles. The fourth-order valence-electron chi connectivity index (χ4n) is 3.61. The van der Waals surface area contributed by atoms with Gasteiger partial charge < -0.3 is 14.5 Å². The van der Waals surface area contributed by atoms with Gasteiger partial charge in [0.1, 0.15) is 0 Å². The van der Waals surface area contributed by atoms with Gasteiger partial charge in [0.25, 0.3) is 5.91 Å². The molecule has 122 valence electrons. The van der Waals surface area contributed by atoms with Crippen LogP contribution >= 0.6 is 11.3 Å². The largest absolute Gasteiger partial charge is 0.381 e. The smallest absolute Gasteiger partial charge is 0.263 e. The molecule has 0 spiro atoms. The highest BCUT2D eigenvalue weighted by atomic mass is 32.1. The Kier molecular flexibility index (Phi) is 5.16. The summed E-state index contributed by atoms with van der Waals surface area (Å²) in [6.07, 6.45) is 4.94. The molecular formula is C17H26N2O2S. The first kappa shape index (κ1) is 16.0. The number of nitrogens with zero attached hydrogens (tertiary/aromatic N) is 2. The summed E-state index contributed by atoms with van der Waals surface area (Å²) in [7, 11) is 1.82. The SMILES string of the molecule is COC1CCN(C2CCN(C(=O)c3cc(C)cs3)CC2)CC1. The normalized spacial score (nSPS) is 22.2. The standard InChI is InChI=1S/C17H26N2O2S/c1-13-11-16(22-12-13)17(20)19-7-3-14(4-8-19)18-9-5-15(21-2)6-10-18/h11-12,14-15H,3-10H2,1-2H3. The van der Waals surface area contributed by atoms with Crippen LogP contribution in [-0.4, -0.2) is 61.1 Å². The van der Waals surface area contributed by atoms with Crippen molar-refractivity contribution in [2.45, 2.75) is 44.8 Å². The molecule has 0 N–H and O–H groups in total. The Balaban J connectivity index is 1.49. The number of methoxy groups -OCH3 is 1. The van der Waals surface area contributed by atoms with Gasteiger partial charge in [-0.15, -0.1) is 11.3 Å². The molecule has 0 aromatic carbocycles. The molecule has 4 nitrogen and oxygen atoms in total. The Bertz CT molecular complexity index is 501. The predicted molar refractivity (Wildman–Crippen MR) is 89.6 cm³/mol. The van der Waals surface area contributed by atoms with E-state index in [0.717, 1.165) is 56.7 Å². The number of piperidine rings is 2. The Morgan fingerprint density at radius 1 is 1.18 bits per heavy atom. The molecule has 2 saturated heterocycles. The molecule has 2 fully saturated rings. The van der Waals surface area contributed by atoms with Gasteiger partial charge in [-0.1, -0.05) is 0 Å². The number of carbonyl (C=O) groups excluding carboxylic acids is 1. The van der Waals surface area contributed by atoms with Gasteiger partial charge in [-0.05, 0) is 49.6 Å². The second kappa shape index (κ2) is 7.11. The lowest BCUT2D eigenvalue weighted by Gasteiger charge is -2.41. The molecule has 0 saturated carbocycles. The van der Waals surface area contributed by atoms with Crippen LogP contribution in [-0.2, 0) is 4.74 Å². The van der Waals surface area contributed by atoms with Crippen molar-refractivity contribution in [1.82, 2.24) is 9.80 Å². The van der Waals surface area contributed by atoms with Gasteiger partial charge in [-0.2, -0.15) is 0 Å². The van der Waals surface area contributed by atoms with Crippen molar-refractivity contribution in [2.24, 2.45) is 0 Å². The van der Waals surface area contributed by atoms with Crippen LogP contribution in [0.25, 0.3) is 0 Å². The molecule has 0 aliphatic carbocycles. The first-order valence-electron chi connectivity index (χ1n) is 8.28. The molecule has 1 aromatic rings. The molecule has 0 unspecified atom stereocenters. The van der Waals surface area contributed by atoms with E-state index in [1.165, 1.54) is 5.56 Å². The topological polar surface area (TPSA) is 32.8 Å². The monoisotopic (exact) mass is 322 g/mol. The molecule has 5 heteroatoms. The van der Waals surface area contributed by atoms with E-state index in [2.05, 4.69) is 10.3 Å². The summed E-state index contributed by atoms with van der Waals surface area (Å²) < 4.78 is 5.45. The first-order valence-corrected chi connectivity index (χ1v) is 9.16. The second-order valence-corrected chi connectivity index (χ2v) is 7.39. The number of ether oxygens (including phenoxy) is 1. The number of hydrogen-bond donors (Lipinski definition) is 0. The molecule has 1 aromatic heterocycles. The van der Waals surface area contributed by atoms with E-state index >= 15 is 0 Å². The number of amides is 1. The summed E-state index contributed by atoms with van der Waals surface area (Å²) in [5, 5.41) is 2.06. The molecule has 2 aliphatic rings. The number of carbonyl (C=O) groups is 1. The van der Waals surface area contributed by atoms with Crippen LogP contribution < -0.4 is 0 Å². The zero-order chi connectivity index (χ0) is 15.5. The zero-order valence-corrected chi connectivity index (χ0v) is 14.4. The highest BCUT2D eigenvalue weighted by molar-refractivity contribution is 7.12. The number of rotatable bonds is 3. The summed E-state index contributed by atoms with van der Waals surface area (Å²) >= 11 is 1.57. The van der Waals surface area contributed by atoms with Crippen molar-refractivity contribution in [3.8, 4) is 0 Å². The van der Waals surface area contributed by atoms with Gasteiger partial charge in [0.15, 0.2) is 0 Å². The molecule has 3 rings (SSSR count). The van der Waals surface area contributed by atoms with Crippen LogP contribution in [0.3, 0.4) is 0 Å². The van der Waals surface area contributed by atoms with Crippen molar-refractivity contribution in [2.75, 3.05) is 33.3 Å². The quantitative estimate of drug-likeness (QED) is 0.858. The van der Waals surface area contributed by atoms with Crippen LogP contribution in [0.2, 0.25) is 0 Å². The average molecular weight is 322 g/mol. The lowest BCUT2D eigenvalue weighted by molar-refractivity contribution is 0.0146. The summed E-state index contributed by atoms with van der Waals surface area (Å²) in [4.78, 5) is 18.0. The molecular weight excluding hydrogens is 296 g/mol. The zero-order valence-electron chi connectivity index (χ0n) is 13.6. The Morgan fingerprint density at radius 3 is 2.41 bits per heavy atom. The van der Waals surface area contributed by atoms with Gasteiger partial charge in [0, 0.05) is 39.3 Å². The van der Waals surface area contributed by atoms with E-state index in [9.17, 15) is 4.79 Å². The van der Waals surface area contributed by atoms with Gasteiger partial charge in [0.2, 0.25) is 0 Å². The Morgan fingerprint density at radius 2 is 1.86 bits per heavy atom. The van der Waals surface area contributed by atoms with E-state index in [1.807, 2.05) is 25.0 Å². The second-order valence-electron chi connectivity index (χ2n) is 6.48. The third-order valence-corrected chi connectivity index (χ3v) is 6.06. The van der Waals surface area contributed by atoms with Gasteiger partial charge in [-0.3, -0.25) is 4.79 Å². The molecule has 1 amide bonds. The average Bonchev–Trinajstić information content (AvgIpc) is 3.01. The molecule has 22 heavy (non-hydrogen) atoms. The highest BCUT2D eigenvalue weighted by Gasteiger charge is 2.30. The summed E-state index contributed by atoms with van der Waals surface area (Å²) in [6.45, 7) is 6.11. The van der Waals surface area contributed by atoms with Crippen LogP contribution in [0, 0.1) is 6.92 Å². The van der Waals surface area contributed by atoms with Crippen LogP contribution in [0.5, 0.6) is 0 Å². The maximum Gasteiger partial charge on any atom is 0.263 e. The summed E-state index contributed by atoms with van der Waals surface area (Å²) in [5.41, 5.74) is 1.18. The molecule has 0 radical (unpaired) electrons. The third kappa shape index (κ3) is 3.53. The lowest BCUT2D eigenvalue weighted by Crippen LogP contribution is -2.49. The minimum absolute atomic E-state index is 0.217. The molecule has 2 aliphatic heterocycles. The summed E-state index contributed by atoms with van der Waals surface area (Å²) in [5.74, 6) is 0.217. The maximum absolute atomic E-state index is 12.5. The number of aryl methyl sites for hydroxylation is 1. The van der Waals surface area contributed by atoms with Crippen molar-refractivity contribution >= 4 is 17.2 Å². The Labute approximate surface area is 137 Å². The molecule has 0 bridgehead atoms. The highest BCUT2D eigenvalue weighted by Crippen LogP contribution is 2.24. The van der Waals surface area contributed by atoms with Gasteiger partial charge >= 0.3 is 0 Å². The summed E-state index contributed by atoms with van der Waals surface area (Å²) in [6, 6.07) is 2.65. The van der Waals surface area contributed by atoms with E-state index in [1.54, 1.807) is 11.3 Å². The van der Waals surface area contributed by atoms with Crippen molar-refractivity contribution in [1.29, 1.82) is 0 Å². The number of likely N-dealkylation sites (tertiary alicyclic amines) is 2. The minimum atomic E-state index is 0.217. The third-order valence-electron chi connectivity index (χ3n) is 5.02. The maximum atomic E-state index is 12.5. The van der Waals surface area contributed by atoms with Gasteiger partial charge in [0.05, 0.1) is 11.0 Å². The predicted octanol–water partition coefficient (Wildman–Crippen LogP) is 2.77. The van der Waals surface area contributed by atoms with E-state index in [0.29, 0.717) is 12.1 Å². The van der Waals surface area contributed by atoms with E-state index in [-0.39, 0.29) is 5.91 Å². The van der Waals surface area contributed by atoms with Crippen molar-refractivity contribution < 1.29 is 9.53 Å². The fraction of sp³-hybridized carbons (Fsp3) is 0.706. The lowest BCUT2D eigenvalue weighted by atomic mass is 9.99. The van der Waals surface area contributed by atoms with Gasteiger partial charge in [-0.25, -0.2) is 0 Å². The Hall–Kier alpha value is -0.910. The number of hydrogen-bond acceptors (Lipinski definition) is 4. The number of thiophene rings is 1. The van der Waals surface area contributed by atoms with Crippen molar-refractivity contribution in [3.63, 3.8) is 0 Å².